The van der Waals surface area contributed by atoms with E-state index in [2.05, 4.69) is 13.2 Å². The predicted octanol–water partition coefficient (Wildman–Crippen LogP) is 4.15. The number of carbonyl (C=O) groups excluding carboxylic acids is 4. The lowest BCUT2D eigenvalue weighted by atomic mass is 9.90. The van der Waals surface area contributed by atoms with Gasteiger partial charge >= 0.3 is 23.9 Å². The second-order valence-corrected chi connectivity index (χ2v) is 17.0. The molecule has 2 aliphatic carbocycles. The zero-order chi connectivity index (χ0) is 52.2. The molecule has 0 fully saturated rings. The quantitative estimate of drug-likeness (QED) is 0.0439. The van der Waals surface area contributed by atoms with E-state index in [1.54, 1.807) is 79.8 Å². The van der Waals surface area contributed by atoms with Gasteiger partial charge < -0.3 is 68.5 Å². The van der Waals surface area contributed by atoms with E-state index < -0.39 is 66.6 Å². The number of carbonyl (C=O) groups is 4. The van der Waals surface area contributed by atoms with E-state index in [4.69, 9.17) is 43.0 Å². The maximum absolute atomic E-state index is 12.7. The van der Waals surface area contributed by atoms with Gasteiger partial charge in [0.25, 0.3) is 0 Å². The highest BCUT2D eigenvalue weighted by Crippen LogP contribution is 2.34. The van der Waals surface area contributed by atoms with Crippen LogP contribution in [0.1, 0.15) is 50.7 Å². The molecule has 2 aromatic carbocycles. The smallest absolute Gasteiger partial charge is 0.339 e. The molecule has 0 aromatic heterocycles. The van der Waals surface area contributed by atoms with Crippen molar-refractivity contribution in [2.75, 3.05) is 46.2 Å². The van der Waals surface area contributed by atoms with Crippen LogP contribution < -0.4 is 9.47 Å². The third-order valence-electron chi connectivity index (χ3n) is 11.4. The highest BCUT2D eigenvalue weighted by molar-refractivity contribution is 6.18. The standard InChI is InChI=1S/2C27H32O9/c1-17(2)26(31)35-13-10-24(30)23(29)9-12-33-21-8-5-19-15-22(27(32)36-25(19)16-21)18-3-6-20(7-4-18)34-14-11-28;1-3-23(29)24(30)11-12-33-20-8-5-17(6-9-20)22-13-18-7-10-21(14-25(18)36-27(22)32)34-15-19(28)16-35-26(31)4-2/h3-8,15-16,19,23-25,28-30H,1,9-14H2,2H3;4-10,13-14,18-19,23-25,28-30H,2-3,11-12,15-16H2,1H3. The predicted molar refractivity (Wildman–Crippen MR) is 261 cm³/mol. The molecule has 0 saturated carbocycles. The van der Waals surface area contributed by atoms with Crippen LogP contribution in [-0.4, -0.2) is 143 Å². The van der Waals surface area contributed by atoms with Gasteiger partial charge in [0.1, 0.15) is 61.1 Å². The highest BCUT2D eigenvalue weighted by Gasteiger charge is 2.33. The Hall–Kier alpha value is -6.80. The fourth-order valence-electron chi connectivity index (χ4n) is 7.27. The monoisotopic (exact) mass is 1000 g/mol. The summed E-state index contributed by atoms with van der Waals surface area (Å²) >= 11 is 0. The first-order valence-corrected chi connectivity index (χ1v) is 23.6. The topological polar surface area (TPSA) is 263 Å². The van der Waals surface area contributed by atoms with Gasteiger partial charge in [-0.1, -0.05) is 68.7 Å². The van der Waals surface area contributed by atoms with Gasteiger partial charge in [0.05, 0.1) is 62.0 Å². The maximum atomic E-state index is 12.7. The number of aliphatic hydroxyl groups is 6. The summed E-state index contributed by atoms with van der Waals surface area (Å²) in [5.41, 5.74) is 2.55. The Morgan fingerprint density at radius 3 is 1.60 bits per heavy atom. The second-order valence-electron chi connectivity index (χ2n) is 17.0. The van der Waals surface area contributed by atoms with Crippen molar-refractivity contribution in [3.05, 3.63) is 145 Å². The average molecular weight is 1000 g/mol. The highest BCUT2D eigenvalue weighted by atomic mass is 16.6. The number of esters is 4. The summed E-state index contributed by atoms with van der Waals surface area (Å²) in [6.07, 6.45) is 10.6. The van der Waals surface area contributed by atoms with Gasteiger partial charge in [-0.2, -0.15) is 0 Å². The Balaban J connectivity index is 0.000000267. The number of allylic oxidation sites excluding steroid dienone is 2. The van der Waals surface area contributed by atoms with Crippen LogP contribution in [0.5, 0.6) is 11.5 Å². The van der Waals surface area contributed by atoms with Gasteiger partial charge in [-0.25, -0.2) is 19.2 Å². The van der Waals surface area contributed by atoms with Crippen LogP contribution in [-0.2, 0) is 47.6 Å². The minimum absolute atomic E-state index is 0.0236. The molecule has 6 N–H and O–H groups in total. The first-order chi connectivity index (χ1) is 34.6. The number of rotatable bonds is 26. The average Bonchev–Trinajstić information content (AvgIpc) is 3.38. The Morgan fingerprint density at radius 2 is 1.11 bits per heavy atom. The molecule has 9 atom stereocenters. The molecule has 9 unspecified atom stereocenters. The lowest BCUT2D eigenvalue weighted by Gasteiger charge is -2.29. The maximum Gasteiger partial charge on any atom is 0.339 e. The van der Waals surface area contributed by atoms with Crippen LogP contribution in [0.25, 0.3) is 11.1 Å². The fourth-order valence-corrected chi connectivity index (χ4v) is 7.27. The zero-order valence-electron chi connectivity index (χ0n) is 40.3. The van der Waals surface area contributed by atoms with E-state index in [-0.39, 0.29) is 76.5 Å². The van der Waals surface area contributed by atoms with E-state index in [1.807, 2.05) is 24.3 Å². The van der Waals surface area contributed by atoms with Crippen molar-refractivity contribution in [2.24, 2.45) is 11.8 Å². The summed E-state index contributed by atoms with van der Waals surface area (Å²) in [6.45, 7) is 10.3. The van der Waals surface area contributed by atoms with Crippen molar-refractivity contribution in [3.8, 4) is 11.5 Å². The minimum atomic E-state index is -1.06. The Morgan fingerprint density at radius 1 is 0.639 bits per heavy atom. The summed E-state index contributed by atoms with van der Waals surface area (Å²) in [5.74, 6) is -0.282. The molecule has 6 rings (SSSR count). The van der Waals surface area contributed by atoms with Crippen LogP contribution >= 0.6 is 0 Å². The van der Waals surface area contributed by atoms with E-state index in [0.29, 0.717) is 58.1 Å². The van der Waals surface area contributed by atoms with Crippen molar-refractivity contribution in [3.63, 3.8) is 0 Å². The van der Waals surface area contributed by atoms with E-state index >= 15 is 0 Å². The van der Waals surface area contributed by atoms with Crippen molar-refractivity contribution < 1.29 is 87.7 Å². The SMILES string of the molecule is C=C(C)C(=O)OCCC(O)C(O)CCOC1=CC2OC(=O)C(c3ccc(OCCO)cc3)=CC2C=C1.C=CC(=O)OCC(O)COC1=CC2OC(=O)C(c3ccc(OCCC(O)C(O)CC)cc3)=CC2C=C1. The Kier molecular flexibility index (Phi) is 22.1. The molecule has 0 spiro atoms. The summed E-state index contributed by atoms with van der Waals surface area (Å²) in [4.78, 5) is 47.7. The zero-order valence-corrected chi connectivity index (χ0v) is 40.3. The molecule has 2 aromatic rings. The summed E-state index contributed by atoms with van der Waals surface area (Å²) in [5, 5.41) is 58.3. The Bertz CT molecular complexity index is 2360. The number of aliphatic hydroxyl groups excluding tert-OH is 6. The van der Waals surface area contributed by atoms with Crippen LogP contribution in [0.2, 0.25) is 0 Å². The molecule has 2 aliphatic heterocycles. The van der Waals surface area contributed by atoms with Crippen molar-refractivity contribution in [2.45, 2.75) is 82.3 Å². The summed E-state index contributed by atoms with van der Waals surface area (Å²) in [7, 11) is 0. The fraction of sp³-hybridized carbons (Fsp3) is 0.407. The molecule has 18 heteroatoms. The normalized spacial score (nSPS) is 20.7. The minimum Gasteiger partial charge on any atom is -0.494 e. The third kappa shape index (κ3) is 17.2. The molecule has 18 nitrogen and oxygen atoms in total. The molecular formula is C54H64O18. The molecule has 0 saturated heterocycles. The molecule has 4 aliphatic rings. The number of hydrogen-bond donors (Lipinski definition) is 6. The van der Waals surface area contributed by atoms with Crippen LogP contribution in [0.3, 0.4) is 0 Å². The van der Waals surface area contributed by atoms with Crippen molar-refractivity contribution in [1.82, 2.24) is 0 Å². The van der Waals surface area contributed by atoms with Gasteiger partial charge in [0.2, 0.25) is 0 Å². The molecule has 0 bridgehead atoms. The van der Waals surface area contributed by atoms with Gasteiger partial charge in [-0.3, -0.25) is 0 Å². The van der Waals surface area contributed by atoms with Gasteiger partial charge in [-0.15, -0.1) is 0 Å². The second kappa shape index (κ2) is 28.3. The van der Waals surface area contributed by atoms with Crippen molar-refractivity contribution in [1.29, 1.82) is 0 Å². The van der Waals surface area contributed by atoms with E-state index in [0.717, 1.165) is 6.08 Å². The third-order valence-corrected chi connectivity index (χ3v) is 11.4. The van der Waals surface area contributed by atoms with E-state index in [9.17, 15) is 44.7 Å². The molecular weight excluding hydrogens is 937 g/mol. The molecule has 388 valence electrons. The first kappa shape index (κ1) is 56.1. The number of benzene rings is 2. The number of fused-ring (bicyclic) bond motifs is 2. The van der Waals surface area contributed by atoms with Gasteiger partial charge in [0, 0.05) is 42.7 Å². The molecule has 2 heterocycles. The molecule has 72 heavy (non-hydrogen) atoms. The van der Waals surface area contributed by atoms with Crippen LogP contribution in [0.4, 0.5) is 0 Å². The Labute approximate surface area is 418 Å². The van der Waals surface area contributed by atoms with Crippen LogP contribution in [0, 0.1) is 11.8 Å². The summed E-state index contributed by atoms with van der Waals surface area (Å²) in [6, 6.07) is 14.0. The van der Waals surface area contributed by atoms with Gasteiger partial charge in [0.15, 0.2) is 0 Å². The lowest BCUT2D eigenvalue weighted by molar-refractivity contribution is -0.142. The number of ether oxygens (including phenoxy) is 8. The lowest BCUT2D eigenvalue weighted by Crippen LogP contribution is -2.31. The largest absolute Gasteiger partial charge is 0.494 e. The van der Waals surface area contributed by atoms with Crippen LogP contribution in [0.15, 0.2) is 133 Å². The van der Waals surface area contributed by atoms with Crippen molar-refractivity contribution >= 4 is 35.0 Å². The van der Waals surface area contributed by atoms with Gasteiger partial charge in [-0.05, 0) is 73.0 Å². The molecule has 0 amide bonds. The summed E-state index contributed by atoms with van der Waals surface area (Å²) < 4.78 is 43.1. The number of hydrogen-bond acceptors (Lipinski definition) is 18. The first-order valence-electron chi connectivity index (χ1n) is 23.6. The van der Waals surface area contributed by atoms with E-state index in [1.165, 1.54) is 6.92 Å². The molecule has 0 radical (unpaired) electrons.